The number of rotatable bonds is 3. The van der Waals surface area contributed by atoms with Gasteiger partial charge in [-0.1, -0.05) is 0 Å². The molecule has 2 aromatic rings. The normalized spacial score (nSPS) is 11.5. The van der Waals surface area contributed by atoms with Crippen molar-refractivity contribution in [2.45, 2.75) is 4.90 Å². The Kier molecular flexibility index (Phi) is 5.69. The van der Waals surface area contributed by atoms with Crippen LogP contribution in [0.15, 0.2) is 40.7 Å². The highest BCUT2D eigenvalue weighted by atomic mass is 32.2. The molecule has 0 aliphatic rings. The van der Waals surface area contributed by atoms with Gasteiger partial charge in [0.05, 0.1) is 4.90 Å². The van der Waals surface area contributed by atoms with Gasteiger partial charge >= 0.3 is 7.25 Å². The summed E-state index contributed by atoms with van der Waals surface area (Å²) in [5, 5.41) is 2.07. The monoisotopic (exact) mass is 343 g/mol. The Bertz CT molecular complexity index is 653. The zero-order valence-electron chi connectivity index (χ0n) is 10.3. The molecule has 0 aliphatic heterocycles. The van der Waals surface area contributed by atoms with Crippen molar-refractivity contribution in [2.24, 2.45) is 0 Å². The molecule has 0 amide bonds. The zero-order valence-corrected chi connectivity index (χ0v) is 12.0. The first-order valence-corrected chi connectivity index (χ1v) is 7.66. The molecular weight excluding hydrogens is 333 g/mol. The minimum atomic E-state index is -6.00. The van der Waals surface area contributed by atoms with Crippen molar-refractivity contribution in [3.05, 3.63) is 35.8 Å². The summed E-state index contributed by atoms with van der Waals surface area (Å²) in [6.45, 7) is 0. The van der Waals surface area contributed by atoms with Gasteiger partial charge in [0.1, 0.15) is 5.69 Å². The van der Waals surface area contributed by atoms with Gasteiger partial charge in [-0.3, -0.25) is 4.72 Å². The maximum Gasteiger partial charge on any atom is 0.673 e. The molecule has 116 valence electrons. The van der Waals surface area contributed by atoms with Crippen molar-refractivity contribution in [1.82, 2.24) is 4.98 Å². The summed E-state index contributed by atoms with van der Waals surface area (Å²) in [5.41, 5.74) is 4.47. The van der Waals surface area contributed by atoms with Crippen LogP contribution >= 0.6 is 11.3 Å². The van der Waals surface area contributed by atoms with Gasteiger partial charge in [-0.25, -0.2) is 13.4 Å². The van der Waals surface area contributed by atoms with Crippen LogP contribution in [-0.2, 0) is 10.0 Å². The van der Waals surface area contributed by atoms with Gasteiger partial charge in [-0.15, -0.1) is 11.3 Å². The van der Waals surface area contributed by atoms with Crippen LogP contribution in [-0.4, -0.2) is 20.7 Å². The van der Waals surface area contributed by atoms with Gasteiger partial charge in [0.2, 0.25) is 0 Å². The van der Waals surface area contributed by atoms with Crippen LogP contribution in [0.4, 0.5) is 28.1 Å². The van der Waals surface area contributed by atoms with E-state index in [1.807, 2.05) is 0 Å². The average molecular weight is 343 g/mol. The number of thiazole rings is 1. The van der Waals surface area contributed by atoms with E-state index < -0.39 is 17.3 Å². The number of nitrogens with one attached hydrogen (secondary N) is 1. The van der Waals surface area contributed by atoms with Gasteiger partial charge < -0.3 is 23.0 Å². The van der Waals surface area contributed by atoms with Gasteiger partial charge in [-0.2, -0.15) is 0 Å². The van der Waals surface area contributed by atoms with E-state index in [1.165, 1.54) is 23.5 Å². The SMILES string of the molecule is F[B-](F)(F)F.[NH3+]c1ccc(S(=O)(=O)Nc2nccs2)cc1. The van der Waals surface area contributed by atoms with Crippen molar-refractivity contribution in [1.29, 1.82) is 0 Å². The number of aromatic nitrogens is 1. The fourth-order valence-electron chi connectivity index (χ4n) is 1.12. The Balaban J connectivity index is 0.000000383. The Morgan fingerprint density at radius 1 is 1.14 bits per heavy atom. The van der Waals surface area contributed by atoms with Crippen LogP contribution < -0.4 is 10.5 Å². The fraction of sp³-hybridized carbons (Fsp3) is 0. The minimum Gasteiger partial charge on any atom is -0.418 e. The number of halogens is 4. The second-order valence-corrected chi connectivity index (χ2v) is 6.16. The molecule has 21 heavy (non-hydrogen) atoms. The molecule has 2 rings (SSSR count). The first-order chi connectivity index (χ1) is 9.58. The second kappa shape index (κ2) is 6.87. The van der Waals surface area contributed by atoms with E-state index in [9.17, 15) is 25.7 Å². The molecule has 1 aromatic heterocycles. The summed E-state index contributed by atoms with van der Waals surface area (Å²) >= 11 is 1.23. The van der Waals surface area contributed by atoms with Gasteiger partial charge in [0, 0.05) is 23.7 Å². The van der Waals surface area contributed by atoms with Gasteiger partial charge in [-0.05, 0) is 12.1 Å². The molecule has 1 heterocycles. The summed E-state index contributed by atoms with van der Waals surface area (Å²) in [4.78, 5) is 4.06. The van der Waals surface area contributed by atoms with Crippen molar-refractivity contribution < 1.29 is 31.4 Å². The summed E-state index contributed by atoms with van der Waals surface area (Å²) in [7, 11) is -9.53. The molecule has 1 aromatic carbocycles. The average Bonchev–Trinajstić information content (AvgIpc) is 2.79. The third-order valence-corrected chi connectivity index (χ3v) is 4.06. The number of sulfonamides is 1. The van der Waals surface area contributed by atoms with E-state index in [0.717, 1.165) is 5.69 Å². The Morgan fingerprint density at radius 3 is 2.10 bits per heavy atom. The number of hydrogen-bond donors (Lipinski definition) is 2. The standard InChI is InChI=1S/C9H9N3O2S2.BF4/c10-7-1-3-8(4-2-7)16(13,14)12-9-11-5-6-15-9;2-1(3,4)5/h1-6H,10H2,(H,11,12);/q;-1/p+1. The van der Waals surface area contributed by atoms with E-state index in [0.29, 0.717) is 5.13 Å². The van der Waals surface area contributed by atoms with Crippen molar-refractivity contribution in [3.63, 3.8) is 0 Å². The van der Waals surface area contributed by atoms with Gasteiger partial charge in [0.15, 0.2) is 5.13 Å². The number of anilines is 1. The molecule has 0 atom stereocenters. The molecule has 0 radical (unpaired) electrons. The molecule has 0 unspecified atom stereocenters. The van der Waals surface area contributed by atoms with E-state index in [4.69, 9.17) is 0 Å². The number of hydrogen-bond acceptors (Lipinski definition) is 4. The molecule has 5 nitrogen and oxygen atoms in total. The van der Waals surface area contributed by atoms with E-state index in [-0.39, 0.29) is 4.90 Å². The second-order valence-electron chi connectivity index (χ2n) is 3.58. The summed E-state index contributed by atoms with van der Waals surface area (Å²) < 4.78 is 65.1. The number of nitrogens with zero attached hydrogens (tertiary/aromatic N) is 1. The van der Waals surface area contributed by atoms with E-state index >= 15 is 0 Å². The van der Waals surface area contributed by atoms with Crippen LogP contribution in [0.2, 0.25) is 0 Å². The Labute approximate surface area is 122 Å². The van der Waals surface area contributed by atoms with Crippen LogP contribution in [0.5, 0.6) is 0 Å². The van der Waals surface area contributed by atoms with Crippen LogP contribution in [0.1, 0.15) is 0 Å². The predicted octanol–water partition coefficient (Wildman–Crippen LogP) is 2.12. The number of benzene rings is 1. The third-order valence-electron chi connectivity index (χ3n) is 1.89. The lowest BCUT2D eigenvalue weighted by Crippen LogP contribution is -2.39. The molecule has 0 aliphatic carbocycles. The summed E-state index contributed by atoms with van der Waals surface area (Å²) in [6.07, 6.45) is 1.54. The molecule has 12 heteroatoms. The van der Waals surface area contributed by atoms with Crippen LogP contribution in [0.3, 0.4) is 0 Å². The molecule has 0 fully saturated rings. The summed E-state index contributed by atoms with van der Waals surface area (Å²) in [6, 6.07) is 6.32. The highest BCUT2D eigenvalue weighted by Gasteiger charge is 2.20. The maximum atomic E-state index is 11.8. The van der Waals surface area contributed by atoms with Crippen molar-refractivity contribution >= 4 is 39.4 Å². The summed E-state index contributed by atoms with van der Waals surface area (Å²) in [5.74, 6) is 0. The molecule has 0 spiro atoms. The first kappa shape index (κ1) is 17.4. The smallest absolute Gasteiger partial charge is 0.418 e. The molecular formula is C9H10BF4N3O2S2. The molecule has 0 bridgehead atoms. The van der Waals surface area contributed by atoms with Crippen LogP contribution in [0, 0.1) is 0 Å². The third kappa shape index (κ3) is 7.06. The minimum absolute atomic E-state index is 0.204. The molecule has 0 saturated heterocycles. The van der Waals surface area contributed by atoms with Gasteiger partial charge in [0.25, 0.3) is 10.0 Å². The Morgan fingerprint density at radius 2 is 1.67 bits per heavy atom. The highest BCUT2D eigenvalue weighted by Crippen LogP contribution is 2.18. The lowest BCUT2D eigenvalue weighted by atomic mass is 10.3. The first-order valence-electron chi connectivity index (χ1n) is 5.29. The fourth-order valence-corrected chi connectivity index (χ4v) is 2.91. The maximum absolute atomic E-state index is 11.8. The number of quaternary nitrogens is 1. The largest absolute Gasteiger partial charge is 0.673 e. The zero-order chi connectivity index (χ0) is 16.1. The molecule has 4 N–H and O–H groups in total. The molecule has 0 saturated carbocycles. The van der Waals surface area contributed by atoms with E-state index in [2.05, 4.69) is 15.4 Å². The predicted molar refractivity (Wildman–Crippen MR) is 72.1 cm³/mol. The highest BCUT2D eigenvalue weighted by molar-refractivity contribution is 7.93. The Hall–Kier alpha value is -1.66. The topological polar surface area (TPSA) is 86.7 Å². The van der Waals surface area contributed by atoms with Crippen LogP contribution in [0.25, 0.3) is 0 Å². The van der Waals surface area contributed by atoms with Crippen molar-refractivity contribution in [3.8, 4) is 0 Å². The lowest BCUT2D eigenvalue weighted by Gasteiger charge is -2.04. The van der Waals surface area contributed by atoms with Crippen molar-refractivity contribution in [2.75, 3.05) is 4.72 Å². The quantitative estimate of drug-likeness (QED) is 0.661. The lowest BCUT2D eigenvalue weighted by molar-refractivity contribution is -0.254. The van der Waals surface area contributed by atoms with E-state index in [1.54, 1.807) is 23.7 Å².